The Bertz CT molecular complexity index is 134. The summed E-state index contributed by atoms with van der Waals surface area (Å²) in [6, 6.07) is 0. The van der Waals surface area contributed by atoms with Gasteiger partial charge in [-0.1, -0.05) is 32.3 Å². The Morgan fingerprint density at radius 3 is 2.29 bits per heavy atom. The van der Waals surface area contributed by atoms with Crippen LogP contribution in [0, 0.1) is 0 Å². The van der Waals surface area contributed by atoms with Gasteiger partial charge >= 0.3 is 0 Å². The van der Waals surface area contributed by atoms with Crippen LogP contribution in [-0.4, -0.2) is 22.4 Å². The maximum Gasteiger partial charge on any atom is 0.0718 e. The van der Waals surface area contributed by atoms with Gasteiger partial charge in [0.05, 0.1) is 12.2 Å². The van der Waals surface area contributed by atoms with E-state index < -0.39 is 6.10 Å². The van der Waals surface area contributed by atoms with Gasteiger partial charge in [-0.15, -0.1) is 6.58 Å². The lowest BCUT2D eigenvalue weighted by Gasteiger charge is -2.10. The topological polar surface area (TPSA) is 40.5 Å². The fourth-order valence-electron chi connectivity index (χ4n) is 1.45. The first kappa shape index (κ1) is 13.7. The molecule has 2 heteroatoms. The van der Waals surface area contributed by atoms with Gasteiger partial charge in [0.1, 0.15) is 0 Å². The van der Waals surface area contributed by atoms with Crippen LogP contribution in [0.15, 0.2) is 12.7 Å². The molecule has 2 nitrogen and oxygen atoms in total. The van der Waals surface area contributed by atoms with E-state index in [0.717, 1.165) is 25.7 Å². The van der Waals surface area contributed by atoms with E-state index in [4.69, 9.17) is 0 Å². The predicted molar refractivity (Wildman–Crippen MR) is 60.2 cm³/mol. The van der Waals surface area contributed by atoms with E-state index in [-0.39, 0.29) is 6.10 Å². The molecule has 2 atom stereocenters. The molecule has 0 unspecified atom stereocenters. The molecule has 0 rings (SSSR count). The van der Waals surface area contributed by atoms with Gasteiger partial charge in [0.15, 0.2) is 0 Å². The molecule has 0 aliphatic rings. The quantitative estimate of drug-likeness (QED) is 0.444. The van der Waals surface area contributed by atoms with Crippen molar-refractivity contribution >= 4 is 0 Å². The maximum absolute atomic E-state index is 9.55. The SMILES string of the molecule is C=C[C@H](O)CCC[C@@H](O)CCCCC. The van der Waals surface area contributed by atoms with Crippen LogP contribution in [0.25, 0.3) is 0 Å². The molecule has 0 heterocycles. The zero-order valence-electron chi connectivity index (χ0n) is 9.28. The van der Waals surface area contributed by atoms with Gasteiger partial charge in [-0.2, -0.15) is 0 Å². The standard InChI is InChI=1S/C12H24O2/c1-3-5-6-8-12(14)10-7-9-11(13)4-2/h4,11-14H,2-3,5-10H2,1H3/t11-,12-/m0/s1. The van der Waals surface area contributed by atoms with Gasteiger partial charge in [-0.05, 0) is 25.7 Å². The van der Waals surface area contributed by atoms with Gasteiger partial charge in [0.25, 0.3) is 0 Å². The highest BCUT2D eigenvalue weighted by Gasteiger charge is 2.04. The summed E-state index contributed by atoms with van der Waals surface area (Å²) in [6.07, 6.45) is 7.76. The molecule has 0 aliphatic carbocycles. The Balaban J connectivity index is 3.25. The second-order valence-corrected chi connectivity index (χ2v) is 3.88. The first-order valence-corrected chi connectivity index (χ1v) is 5.69. The Hall–Kier alpha value is -0.340. The van der Waals surface area contributed by atoms with Gasteiger partial charge in [-0.3, -0.25) is 0 Å². The smallest absolute Gasteiger partial charge is 0.0718 e. The molecule has 2 N–H and O–H groups in total. The van der Waals surface area contributed by atoms with Crippen molar-refractivity contribution in [3.63, 3.8) is 0 Å². The monoisotopic (exact) mass is 200 g/mol. The zero-order valence-corrected chi connectivity index (χ0v) is 9.28. The Labute approximate surface area is 87.7 Å². The Morgan fingerprint density at radius 2 is 1.71 bits per heavy atom. The predicted octanol–water partition coefficient (Wildman–Crippen LogP) is 2.64. The highest BCUT2D eigenvalue weighted by Crippen LogP contribution is 2.10. The highest BCUT2D eigenvalue weighted by molar-refractivity contribution is 4.77. The third kappa shape index (κ3) is 8.27. The average Bonchev–Trinajstić information content (AvgIpc) is 2.18. The summed E-state index contributed by atoms with van der Waals surface area (Å²) < 4.78 is 0. The van der Waals surface area contributed by atoms with Crippen LogP contribution >= 0.6 is 0 Å². The van der Waals surface area contributed by atoms with Crippen LogP contribution in [0.1, 0.15) is 51.9 Å². The van der Waals surface area contributed by atoms with E-state index in [1.54, 1.807) is 6.08 Å². The van der Waals surface area contributed by atoms with Gasteiger partial charge in [0, 0.05) is 0 Å². The first-order chi connectivity index (χ1) is 6.70. The van der Waals surface area contributed by atoms with Crippen LogP contribution in [0.3, 0.4) is 0 Å². The lowest BCUT2D eigenvalue weighted by molar-refractivity contribution is 0.138. The minimum atomic E-state index is -0.405. The van der Waals surface area contributed by atoms with Gasteiger partial charge in [0.2, 0.25) is 0 Å². The van der Waals surface area contributed by atoms with Crippen molar-refractivity contribution < 1.29 is 10.2 Å². The second kappa shape index (κ2) is 9.22. The molecule has 14 heavy (non-hydrogen) atoms. The average molecular weight is 200 g/mol. The number of aliphatic hydroxyl groups excluding tert-OH is 2. The molecule has 0 aromatic heterocycles. The molecule has 0 aliphatic heterocycles. The van der Waals surface area contributed by atoms with E-state index in [9.17, 15) is 10.2 Å². The Kier molecular flexibility index (Phi) is 9.00. The third-order valence-electron chi connectivity index (χ3n) is 2.45. The van der Waals surface area contributed by atoms with Crippen LogP contribution in [0.5, 0.6) is 0 Å². The molecule has 0 spiro atoms. The van der Waals surface area contributed by atoms with E-state index in [0.29, 0.717) is 6.42 Å². The van der Waals surface area contributed by atoms with Gasteiger partial charge < -0.3 is 10.2 Å². The summed E-state index contributed by atoms with van der Waals surface area (Å²) in [5, 5.41) is 18.7. The molecular formula is C12H24O2. The molecule has 0 radical (unpaired) electrons. The van der Waals surface area contributed by atoms with E-state index in [1.807, 2.05) is 0 Å². The van der Waals surface area contributed by atoms with Crippen molar-refractivity contribution in [3.05, 3.63) is 12.7 Å². The van der Waals surface area contributed by atoms with Crippen molar-refractivity contribution in [2.24, 2.45) is 0 Å². The fraction of sp³-hybridized carbons (Fsp3) is 0.833. The normalized spacial score (nSPS) is 15.1. The summed E-state index contributed by atoms with van der Waals surface area (Å²) in [5.41, 5.74) is 0. The number of aliphatic hydroxyl groups is 2. The zero-order chi connectivity index (χ0) is 10.8. The van der Waals surface area contributed by atoms with E-state index in [2.05, 4.69) is 13.5 Å². The van der Waals surface area contributed by atoms with Crippen LogP contribution in [-0.2, 0) is 0 Å². The molecule has 0 amide bonds. The number of hydrogen-bond acceptors (Lipinski definition) is 2. The van der Waals surface area contributed by atoms with E-state index in [1.165, 1.54) is 12.8 Å². The fourth-order valence-corrected chi connectivity index (χ4v) is 1.45. The first-order valence-electron chi connectivity index (χ1n) is 5.69. The summed E-state index contributed by atoms with van der Waals surface area (Å²) in [4.78, 5) is 0. The summed E-state index contributed by atoms with van der Waals surface area (Å²) in [7, 11) is 0. The summed E-state index contributed by atoms with van der Waals surface area (Å²) in [5.74, 6) is 0. The molecule has 0 aromatic rings. The van der Waals surface area contributed by atoms with Crippen molar-refractivity contribution in [1.29, 1.82) is 0 Å². The minimum absolute atomic E-state index is 0.182. The molecular weight excluding hydrogens is 176 g/mol. The van der Waals surface area contributed by atoms with Crippen molar-refractivity contribution in [3.8, 4) is 0 Å². The number of unbranched alkanes of at least 4 members (excludes halogenated alkanes) is 2. The largest absolute Gasteiger partial charge is 0.393 e. The summed E-state index contributed by atoms with van der Waals surface area (Å²) >= 11 is 0. The minimum Gasteiger partial charge on any atom is -0.393 e. The molecule has 0 aromatic carbocycles. The lowest BCUT2D eigenvalue weighted by Crippen LogP contribution is -2.08. The highest BCUT2D eigenvalue weighted by atomic mass is 16.3. The molecule has 0 fully saturated rings. The van der Waals surface area contributed by atoms with Crippen molar-refractivity contribution in [1.82, 2.24) is 0 Å². The van der Waals surface area contributed by atoms with Crippen LogP contribution in [0.4, 0.5) is 0 Å². The molecule has 0 bridgehead atoms. The second-order valence-electron chi connectivity index (χ2n) is 3.88. The van der Waals surface area contributed by atoms with Crippen LogP contribution < -0.4 is 0 Å². The Morgan fingerprint density at radius 1 is 1.07 bits per heavy atom. The summed E-state index contributed by atoms with van der Waals surface area (Å²) in [6.45, 7) is 5.67. The molecule has 84 valence electrons. The van der Waals surface area contributed by atoms with E-state index >= 15 is 0 Å². The lowest BCUT2D eigenvalue weighted by atomic mass is 10.0. The van der Waals surface area contributed by atoms with Crippen LogP contribution in [0.2, 0.25) is 0 Å². The van der Waals surface area contributed by atoms with Crippen molar-refractivity contribution in [2.45, 2.75) is 64.1 Å². The van der Waals surface area contributed by atoms with Crippen molar-refractivity contribution in [2.75, 3.05) is 0 Å². The van der Waals surface area contributed by atoms with Gasteiger partial charge in [-0.25, -0.2) is 0 Å². The number of hydrogen-bond donors (Lipinski definition) is 2. The maximum atomic E-state index is 9.55. The number of rotatable bonds is 9. The molecule has 0 saturated heterocycles. The molecule has 0 saturated carbocycles. The third-order valence-corrected chi connectivity index (χ3v) is 2.45.